The molecule has 0 aliphatic carbocycles. The smallest absolute Gasteiger partial charge is 0.357 e. The van der Waals surface area contributed by atoms with Gasteiger partial charge in [-0.3, -0.25) is 4.68 Å². The SMILES string of the molecule is Cc1cc(C)c(C)c(-c2c(C(=O)O)nn(C)c2N)c1C. The molecule has 0 fully saturated rings. The van der Waals surface area contributed by atoms with Crippen molar-refractivity contribution in [1.29, 1.82) is 0 Å². The minimum absolute atomic E-state index is 0.00111. The number of benzene rings is 1. The number of aromatic carboxylic acids is 1. The molecule has 5 heteroatoms. The summed E-state index contributed by atoms with van der Waals surface area (Å²) in [4.78, 5) is 11.4. The number of hydrogen-bond donors (Lipinski definition) is 2. The van der Waals surface area contributed by atoms with Crippen LogP contribution in [-0.4, -0.2) is 20.9 Å². The molecule has 0 saturated heterocycles. The maximum atomic E-state index is 11.4. The average molecular weight is 273 g/mol. The molecule has 0 unspecified atom stereocenters. The number of aromatic nitrogens is 2. The molecule has 5 nitrogen and oxygen atoms in total. The van der Waals surface area contributed by atoms with Crippen LogP contribution in [0, 0.1) is 27.7 Å². The molecule has 0 saturated carbocycles. The Labute approximate surface area is 118 Å². The lowest BCUT2D eigenvalue weighted by molar-refractivity contribution is 0.0690. The molecule has 3 N–H and O–H groups in total. The summed E-state index contributed by atoms with van der Waals surface area (Å²) in [6.45, 7) is 7.99. The van der Waals surface area contributed by atoms with Crippen molar-refractivity contribution in [3.05, 3.63) is 34.0 Å². The van der Waals surface area contributed by atoms with E-state index in [0.29, 0.717) is 11.4 Å². The van der Waals surface area contributed by atoms with Crippen molar-refractivity contribution in [1.82, 2.24) is 9.78 Å². The Morgan fingerprint density at radius 2 is 1.65 bits per heavy atom. The molecule has 1 aromatic heterocycles. The van der Waals surface area contributed by atoms with Crippen molar-refractivity contribution in [3.63, 3.8) is 0 Å². The molecule has 0 amide bonds. The highest BCUT2D eigenvalue weighted by atomic mass is 16.4. The molecule has 0 aliphatic heterocycles. The van der Waals surface area contributed by atoms with E-state index in [4.69, 9.17) is 5.73 Å². The molecule has 0 radical (unpaired) electrons. The Morgan fingerprint density at radius 3 is 2.10 bits per heavy atom. The molecular formula is C15H19N3O2. The van der Waals surface area contributed by atoms with Crippen LogP contribution in [0.4, 0.5) is 5.82 Å². The lowest BCUT2D eigenvalue weighted by atomic mass is 9.89. The van der Waals surface area contributed by atoms with Crippen molar-refractivity contribution < 1.29 is 9.90 Å². The highest BCUT2D eigenvalue weighted by molar-refractivity contribution is 5.99. The number of nitrogen functional groups attached to an aromatic ring is 1. The first-order valence-electron chi connectivity index (χ1n) is 6.39. The van der Waals surface area contributed by atoms with Crippen LogP contribution in [0.5, 0.6) is 0 Å². The zero-order valence-electron chi connectivity index (χ0n) is 12.4. The normalized spacial score (nSPS) is 10.8. The van der Waals surface area contributed by atoms with Crippen LogP contribution < -0.4 is 5.73 Å². The van der Waals surface area contributed by atoms with E-state index in [2.05, 4.69) is 11.2 Å². The second-order valence-electron chi connectivity index (χ2n) is 5.17. The maximum absolute atomic E-state index is 11.4. The molecule has 2 rings (SSSR count). The molecule has 20 heavy (non-hydrogen) atoms. The standard InChI is InChI=1S/C15H19N3O2/c1-7-6-8(2)10(4)11(9(7)3)12-13(15(19)20)17-18(5)14(12)16/h6H,16H2,1-5H3,(H,19,20). The summed E-state index contributed by atoms with van der Waals surface area (Å²) < 4.78 is 1.41. The Balaban J connectivity index is 2.92. The van der Waals surface area contributed by atoms with E-state index in [-0.39, 0.29) is 5.69 Å². The van der Waals surface area contributed by atoms with Gasteiger partial charge in [-0.2, -0.15) is 5.10 Å². The Morgan fingerprint density at radius 1 is 1.15 bits per heavy atom. The summed E-state index contributed by atoms with van der Waals surface area (Å²) >= 11 is 0. The predicted octanol–water partition coefficient (Wildman–Crippen LogP) is 2.60. The van der Waals surface area contributed by atoms with Crippen LogP contribution in [0.1, 0.15) is 32.7 Å². The number of rotatable bonds is 2. The van der Waals surface area contributed by atoms with E-state index in [9.17, 15) is 9.90 Å². The highest BCUT2D eigenvalue weighted by Crippen LogP contribution is 2.37. The molecule has 0 spiro atoms. The summed E-state index contributed by atoms with van der Waals surface area (Å²) in [5.41, 5.74) is 11.7. The van der Waals surface area contributed by atoms with Gasteiger partial charge < -0.3 is 10.8 Å². The third kappa shape index (κ3) is 1.95. The largest absolute Gasteiger partial charge is 0.476 e. The Kier molecular flexibility index (Phi) is 3.29. The van der Waals surface area contributed by atoms with Gasteiger partial charge in [0.1, 0.15) is 5.82 Å². The predicted molar refractivity (Wildman–Crippen MR) is 79.0 cm³/mol. The fourth-order valence-electron chi connectivity index (χ4n) is 2.53. The molecule has 1 heterocycles. The first-order valence-corrected chi connectivity index (χ1v) is 6.39. The lowest BCUT2D eigenvalue weighted by Gasteiger charge is -2.15. The van der Waals surface area contributed by atoms with Gasteiger partial charge in [0.05, 0.1) is 5.56 Å². The fourth-order valence-corrected chi connectivity index (χ4v) is 2.53. The zero-order valence-corrected chi connectivity index (χ0v) is 12.4. The number of carbonyl (C=O) groups is 1. The number of anilines is 1. The molecule has 2 aromatic rings. The van der Waals surface area contributed by atoms with Crippen molar-refractivity contribution in [3.8, 4) is 11.1 Å². The number of nitrogens with zero attached hydrogens (tertiary/aromatic N) is 2. The summed E-state index contributed by atoms with van der Waals surface area (Å²) in [5.74, 6) is -0.691. The molecule has 106 valence electrons. The van der Waals surface area contributed by atoms with Crippen molar-refractivity contribution in [2.45, 2.75) is 27.7 Å². The zero-order chi connectivity index (χ0) is 15.2. The maximum Gasteiger partial charge on any atom is 0.357 e. The minimum Gasteiger partial charge on any atom is -0.476 e. The van der Waals surface area contributed by atoms with Crippen molar-refractivity contribution >= 4 is 11.8 Å². The fraction of sp³-hybridized carbons (Fsp3) is 0.333. The van der Waals surface area contributed by atoms with Gasteiger partial charge in [0, 0.05) is 7.05 Å². The van der Waals surface area contributed by atoms with E-state index in [0.717, 1.165) is 27.8 Å². The summed E-state index contributed by atoms with van der Waals surface area (Å²) in [6.07, 6.45) is 0. The number of carboxylic acids is 1. The van der Waals surface area contributed by atoms with Gasteiger partial charge in [0.2, 0.25) is 0 Å². The van der Waals surface area contributed by atoms with Gasteiger partial charge in [-0.25, -0.2) is 4.79 Å². The first-order chi connectivity index (χ1) is 9.25. The molecule has 1 aromatic carbocycles. The van der Waals surface area contributed by atoms with E-state index >= 15 is 0 Å². The van der Waals surface area contributed by atoms with Crippen LogP contribution in [0.15, 0.2) is 6.07 Å². The Hall–Kier alpha value is -2.30. The number of aryl methyl sites for hydroxylation is 3. The van der Waals surface area contributed by atoms with E-state index in [1.807, 2.05) is 27.7 Å². The second kappa shape index (κ2) is 4.67. The summed E-state index contributed by atoms with van der Waals surface area (Å²) in [6, 6.07) is 2.10. The summed E-state index contributed by atoms with van der Waals surface area (Å²) in [5, 5.41) is 13.4. The number of hydrogen-bond acceptors (Lipinski definition) is 3. The first kappa shape index (κ1) is 14.1. The lowest BCUT2D eigenvalue weighted by Crippen LogP contribution is -2.03. The number of carboxylic acid groups (broad SMARTS) is 1. The van der Waals surface area contributed by atoms with E-state index in [1.54, 1.807) is 7.05 Å². The van der Waals surface area contributed by atoms with Gasteiger partial charge >= 0.3 is 5.97 Å². The average Bonchev–Trinajstić information content (AvgIpc) is 2.65. The van der Waals surface area contributed by atoms with Crippen molar-refractivity contribution in [2.24, 2.45) is 7.05 Å². The van der Waals surface area contributed by atoms with Crippen LogP contribution in [-0.2, 0) is 7.05 Å². The third-order valence-corrected chi connectivity index (χ3v) is 3.91. The minimum atomic E-state index is -1.06. The van der Waals surface area contributed by atoms with Gasteiger partial charge in [-0.15, -0.1) is 0 Å². The van der Waals surface area contributed by atoms with Gasteiger partial charge in [0.15, 0.2) is 5.69 Å². The monoisotopic (exact) mass is 273 g/mol. The van der Waals surface area contributed by atoms with Gasteiger partial charge in [0.25, 0.3) is 0 Å². The van der Waals surface area contributed by atoms with E-state index in [1.165, 1.54) is 4.68 Å². The number of nitrogens with two attached hydrogens (primary N) is 1. The third-order valence-electron chi connectivity index (χ3n) is 3.91. The second-order valence-corrected chi connectivity index (χ2v) is 5.17. The van der Waals surface area contributed by atoms with Crippen LogP contribution in [0.25, 0.3) is 11.1 Å². The van der Waals surface area contributed by atoms with Crippen molar-refractivity contribution in [2.75, 3.05) is 5.73 Å². The van der Waals surface area contributed by atoms with Crippen LogP contribution in [0.3, 0.4) is 0 Å². The van der Waals surface area contributed by atoms with E-state index < -0.39 is 5.97 Å². The van der Waals surface area contributed by atoms with Gasteiger partial charge in [-0.1, -0.05) is 6.07 Å². The molecule has 0 aliphatic rings. The quantitative estimate of drug-likeness (QED) is 0.881. The highest BCUT2D eigenvalue weighted by Gasteiger charge is 2.24. The van der Waals surface area contributed by atoms with Gasteiger partial charge in [-0.05, 0) is 55.5 Å². The summed E-state index contributed by atoms with van der Waals surface area (Å²) in [7, 11) is 1.65. The van der Waals surface area contributed by atoms with Crippen LogP contribution in [0.2, 0.25) is 0 Å². The van der Waals surface area contributed by atoms with Crippen LogP contribution >= 0.6 is 0 Å². The molecule has 0 atom stereocenters. The molecular weight excluding hydrogens is 254 g/mol. The topological polar surface area (TPSA) is 81.1 Å². The molecule has 0 bridgehead atoms. The Bertz CT molecular complexity index is 688.